The van der Waals surface area contributed by atoms with Crippen molar-refractivity contribution in [3.8, 4) is 0 Å². The van der Waals surface area contributed by atoms with Crippen molar-refractivity contribution in [1.82, 2.24) is 4.72 Å². The molecule has 0 unspecified atom stereocenters. The second-order valence-corrected chi connectivity index (χ2v) is 7.47. The van der Waals surface area contributed by atoms with Crippen LogP contribution in [0.15, 0.2) is 77.9 Å². The van der Waals surface area contributed by atoms with Gasteiger partial charge in [-0.25, -0.2) is 13.1 Å². The number of ether oxygens (including phenoxy) is 1. The van der Waals surface area contributed by atoms with Gasteiger partial charge in [-0.3, -0.25) is 0 Å². The number of hydrogen-bond donors (Lipinski definition) is 1. The minimum atomic E-state index is -3.51. The maximum Gasteiger partial charge on any atom is 0.240 e. The number of rotatable bonds is 9. The number of aryl methyl sites for hydroxylation is 1. The lowest BCUT2D eigenvalue weighted by Gasteiger charge is -2.14. The van der Waals surface area contributed by atoms with Crippen molar-refractivity contribution in [2.24, 2.45) is 0 Å². The molecule has 2 aromatic rings. The Labute approximate surface area is 149 Å². The van der Waals surface area contributed by atoms with Gasteiger partial charge in [0.2, 0.25) is 10.0 Å². The van der Waals surface area contributed by atoms with Gasteiger partial charge in [0.25, 0.3) is 0 Å². The summed E-state index contributed by atoms with van der Waals surface area (Å²) in [5.74, 6) is 0. The van der Waals surface area contributed by atoms with Crippen molar-refractivity contribution in [2.75, 3.05) is 6.54 Å². The number of hydrogen-bond acceptors (Lipinski definition) is 3. The molecule has 0 heterocycles. The van der Waals surface area contributed by atoms with Crippen LogP contribution in [-0.2, 0) is 21.4 Å². The molecular weight excluding hydrogens is 334 g/mol. The molecule has 0 spiro atoms. The average molecular weight is 357 g/mol. The van der Waals surface area contributed by atoms with Crippen molar-refractivity contribution in [3.63, 3.8) is 0 Å². The lowest BCUT2D eigenvalue weighted by Crippen LogP contribution is -2.27. The normalized spacial score (nSPS) is 12.4. The van der Waals surface area contributed by atoms with Gasteiger partial charge in [-0.2, -0.15) is 0 Å². The van der Waals surface area contributed by atoms with Crippen molar-refractivity contribution >= 4 is 10.0 Å². The highest BCUT2D eigenvalue weighted by molar-refractivity contribution is 7.89. The van der Waals surface area contributed by atoms with E-state index in [1.54, 1.807) is 30.3 Å². The van der Waals surface area contributed by atoms with E-state index in [2.05, 4.69) is 17.0 Å². The fourth-order valence-electron chi connectivity index (χ4n) is 2.26. The third kappa shape index (κ3) is 6.33. The molecule has 0 aromatic heterocycles. The van der Waals surface area contributed by atoms with Crippen LogP contribution >= 0.6 is 0 Å². The average Bonchev–Trinajstić information content (AvgIpc) is 2.61. The Kier molecular flexibility index (Phi) is 7.16. The van der Waals surface area contributed by atoms with E-state index in [0.717, 1.165) is 11.1 Å². The molecule has 1 N–H and O–H groups in total. The van der Waals surface area contributed by atoms with Crippen LogP contribution in [-0.4, -0.2) is 21.1 Å². The molecule has 0 radical (unpaired) electrons. The Balaban J connectivity index is 1.88. The molecule has 0 aliphatic rings. The Hall–Kier alpha value is -2.17. The molecule has 0 bridgehead atoms. The third-order valence-electron chi connectivity index (χ3n) is 3.66. The summed E-state index contributed by atoms with van der Waals surface area (Å²) < 4.78 is 33.0. The summed E-state index contributed by atoms with van der Waals surface area (Å²) in [4.78, 5) is 0.263. The summed E-state index contributed by atoms with van der Waals surface area (Å²) in [6.07, 6.45) is 1.96. The highest BCUT2D eigenvalue weighted by Gasteiger charge is 2.14. The predicted molar refractivity (Wildman–Crippen MR) is 99.7 cm³/mol. The summed E-state index contributed by atoms with van der Waals surface area (Å²) >= 11 is 0. The first kappa shape index (κ1) is 19.2. The van der Waals surface area contributed by atoms with Gasteiger partial charge in [0.15, 0.2) is 0 Å². The molecule has 4 nitrogen and oxygen atoms in total. The standard InChI is InChI=1S/C20H23NO3S/c1-3-7-19(24-16-18-8-5-4-6-9-18)14-15-21-25(22,23)20-12-10-17(2)11-13-20/h4-13,19,21H,1,14-16H2,2H3/t19-/m1/s1. The molecule has 2 rings (SSSR count). The third-order valence-corrected chi connectivity index (χ3v) is 5.14. The first-order valence-corrected chi connectivity index (χ1v) is 9.57. The van der Waals surface area contributed by atoms with Gasteiger partial charge in [0.1, 0.15) is 0 Å². The zero-order valence-corrected chi connectivity index (χ0v) is 15.1. The van der Waals surface area contributed by atoms with Crippen molar-refractivity contribution < 1.29 is 13.2 Å². The van der Waals surface area contributed by atoms with Crippen LogP contribution in [0, 0.1) is 6.92 Å². The van der Waals surface area contributed by atoms with Crippen LogP contribution in [0.5, 0.6) is 0 Å². The first-order chi connectivity index (χ1) is 12.0. The van der Waals surface area contributed by atoms with Crippen molar-refractivity contribution in [3.05, 3.63) is 84.1 Å². The molecule has 0 saturated carbocycles. The largest absolute Gasteiger partial charge is 0.369 e. The van der Waals surface area contributed by atoms with Gasteiger partial charge in [0, 0.05) is 6.54 Å². The highest BCUT2D eigenvalue weighted by atomic mass is 32.2. The van der Waals surface area contributed by atoms with Gasteiger partial charge in [-0.15, -0.1) is 5.73 Å². The molecular formula is C20H23NO3S. The molecule has 25 heavy (non-hydrogen) atoms. The lowest BCUT2D eigenvalue weighted by atomic mass is 10.2. The maximum atomic E-state index is 12.3. The number of nitrogens with one attached hydrogen (secondary N) is 1. The number of benzene rings is 2. The summed E-state index contributed by atoms with van der Waals surface area (Å²) in [6, 6.07) is 16.6. The van der Waals surface area contributed by atoms with Crippen molar-refractivity contribution in [1.29, 1.82) is 0 Å². The minimum absolute atomic E-state index is 0.251. The zero-order chi connectivity index (χ0) is 18.1. The summed E-state index contributed by atoms with van der Waals surface area (Å²) in [5.41, 5.74) is 4.79. The summed E-state index contributed by atoms with van der Waals surface area (Å²) in [7, 11) is -3.51. The van der Waals surface area contributed by atoms with Gasteiger partial charge < -0.3 is 4.74 Å². The predicted octanol–water partition coefficient (Wildman–Crippen LogP) is 3.59. The second kappa shape index (κ2) is 9.35. The fourth-order valence-corrected chi connectivity index (χ4v) is 3.31. The molecule has 0 aliphatic carbocycles. The topological polar surface area (TPSA) is 55.4 Å². The van der Waals surface area contributed by atoms with Crippen LogP contribution in [0.3, 0.4) is 0 Å². The van der Waals surface area contributed by atoms with Crippen LogP contribution in [0.25, 0.3) is 0 Å². The van der Waals surface area contributed by atoms with Gasteiger partial charge in [-0.05, 0) is 37.1 Å². The Morgan fingerprint density at radius 3 is 2.48 bits per heavy atom. The SMILES string of the molecule is C=C=C[C@H](CCNS(=O)(=O)c1ccc(C)cc1)OCc1ccccc1. The monoisotopic (exact) mass is 357 g/mol. The van der Waals surface area contributed by atoms with E-state index in [9.17, 15) is 8.42 Å². The molecule has 132 valence electrons. The van der Waals surface area contributed by atoms with Crippen LogP contribution in [0.4, 0.5) is 0 Å². The fraction of sp³-hybridized carbons (Fsp3) is 0.250. The molecule has 1 atom stereocenters. The van der Waals surface area contributed by atoms with Gasteiger partial charge in [-0.1, -0.05) is 54.6 Å². The Morgan fingerprint density at radius 1 is 1.16 bits per heavy atom. The molecule has 0 fully saturated rings. The zero-order valence-electron chi connectivity index (χ0n) is 14.3. The van der Waals surface area contributed by atoms with Gasteiger partial charge in [0.05, 0.1) is 17.6 Å². The smallest absolute Gasteiger partial charge is 0.240 e. The van der Waals surface area contributed by atoms with E-state index in [1.165, 1.54) is 0 Å². The molecule has 2 aromatic carbocycles. The summed E-state index contributed by atoms with van der Waals surface area (Å²) in [5, 5.41) is 0. The van der Waals surface area contributed by atoms with E-state index >= 15 is 0 Å². The van der Waals surface area contributed by atoms with E-state index in [4.69, 9.17) is 4.74 Å². The van der Waals surface area contributed by atoms with E-state index in [1.807, 2.05) is 37.3 Å². The number of sulfonamides is 1. The molecule has 0 amide bonds. The summed E-state index contributed by atoms with van der Waals surface area (Å²) in [6.45, 7) is 6.21. The van der Waals surface area contributed by atoms with E-state index in [-0.39, 0.29) is 17.5 Å². The maximum absolute atomic E-state index is 12.3. The van der Waals surface area contributed by atoms with Crippen LogP contribution in [0.2, 0.25) is 0 Å². The lowest BCUT2D eigenvalue weighted by molar-refractivity contribution is 0.0676. The Bertz CT molecular complexity index is 808. The van der Waals surface area contributed by atoms with E-state index in [0.29, 0.717) is 13.0 Å². The molecule has 5 heteroatoms. The molecule has 0 aliphatic heterocycles. The minimum Gasteiger partial charge on any atom is -0.369 e. The molecule has 0 saturated heterocycles. The highest BCUT2D eigenvalue weighted by Crippen LogP contribution is 2.11. The van der Waals surface area contributed by atoms with Crippen LogP contribution < -0.4 is 4.72 Å². The van der Waals surface area contributed by atoms with Crippen molar-refractivity contribution in [2.45, 2.75) is 31.0 Å². The second-order valence-electron chi connectivity index (χ2n) is 5.71. The van der Waals surface area contributed by atoms with Gasteiger partial charge >= 0.3 is 0 Å². The Morgan fingerprint density at radius 2 is 1.84 bits per heavy atom. The van der Waals surface area contributed by atoms with Crippen LogP contribution in [0.1, 0.15) is 17.5 Å². The van der Waals surface area contributed by atoms with E-state index < -0.39 is 10.0 Å². The first-order valence-electron chi connectivity index (χ1n) is 8.09. The quantitative estimate of drug-likeness (QED) is 0.698.